The monoisotopic (exact) mass is 514 g/mol. The quantitative estimate of drug-likeness (QED) is 0.304. The van der Waals surface area contributed by atoms with Crippen molar-refractivity contribution in [3.8, 4) is 29.1 Å². The van der Waals surface area contributed by atoms with Gasteiger partial charge in [0.15, 0.2) is 28.8 Å². The van der Waals surface area contributed by atoms with Crippen molar-refractivity contribution in [1.29, 1.82) is 5.26 Å². The molecule has 196 valence electrons. The Morgan fingerprint density at radius 2 is 1.89 bits per heavy atom. The van der Waals surface area contributed by atoms with Gasteiger partial charge in [-0.2, -0.15) is 5.26 Å². The van der Waals surface area contributed by atoms with Crippen LogP contribution in [0.5, 0.6) is 23.0 Å². The number of aryl methyl sites for hydroxylation is 1. The minimum atomic E-state index is -0.490. The van der Waals surface area contributed by atoms with Crippen LogP contribution in [-0.4, -0.2) is 47.7 Å². The van der Waals surface area contributed by atoms with Gasteiger partial charge in [-0.3, -0.25) is 4.98 Å². The van der Waals surface area contributed by atoms with Gasteiger partial charge in [0, 0.05) is 40.3 Å². The van der Waals surface area contributed by atoms with Gasteiger partial charge >= 0.3 is 0 Å². The van der Waals surface area contributed by atoms with Gasteiger partial charge < -0.3 is 24.1 Å². The summed E-state index contributed by atoms with van der Waals surface area (Å²) in [6.07, 6.45) is 7.74. The molecule has 2 aromatic carbocycles. The molecule has 0 unspecified atom stereocenters. The molecular weight excluding hydrogens is 483 g/mol. The molecule has 7 nitrogen and oxygen atoms in total. The number of nitrogens with zero attached hydrogens (tertiary/aromatic N) is 3. The Kier molecular flexibility index (Phi) is 6.54. The van der Waals surface area contributed by atoms with E-state index in [4.69, 9.17) is 14.2 Å². The summed E-state index contributed by atoms with van der Waals surface area (Å²) in [7, 11) is 1.58. The first-order valence-corrected chi connectivity index (χ1v) is 13.3. The first-order chi connectivity index (χ1) is 18.5. The average Bonchev–Trinajstić information content (AvgIpc) is 3.30. The van der Waals surface area contributed by atoms with Crippen LogP contribution in [0.4, 0.5) is 4.39 Å². The largest absolute Gasteiger partial charge is 0.493 e. The van der Waals surface area contributed by atoms with Crippen LogP contribution in [0.25, 0.3) is 21.8 Å². The third-order valence-corrected chi connectivity index (χ3v) is 7.87. The lowest BCUT2D eigenvalue weighted by Gasteiger charge is -2.44. The summed E-state index contributed by atoms with van der Waals surface area (Å²) in [4.78, 5) is 10.2. The molecule has 1 N–H and O–H groups in total. The molecule has 0 amide bonds. The molecule has 0 atom stereocenters. The Hall–Kier alpha value is -3.83. The summed E-state index contributed by atoms with van der Waals surface area (Å²) in [5.74, 6) is 1.41. The van der Waals surface area contributed by atoms with E-state index in [1.165, 1.54) is 38.5 Å². The molecule has 4 aromatic rings. The van der Waals surface area contributed by atoms with Crippen LogP contribution in [0.15, 0.2) is 36.5 Å². The molecule has 6 rings (SSSR count). The molecule has 1 aliphatic heterocycles. The van der Waals surface area contributed by atoms with Gasteiger partial charge in [-0.25, -0.2) is 4.39 Å². The number of pyridine rings is 1. The first kappa shape index (κ1) is 24.5. The van der Waals surface area contributed by atoms with Gasteiger partial charge in [-0.05, 0) is 75.9 Å². The van der Waals surface area contributed by atoms with Gasteiger partial charge in [-0.15, -0.1) is 0 Å². The van der Waals surface area contributed by atoms with Gasteiger partial charge in [0.25, 0.3) is 0 Å². The number of nitriles is 1. The van der Waals surface area contributed by atoms with E-state index >= 15 is 4.39 Å². The predicted molar refractivity (Wildman–Crippen MR) is 144 cm³/mol. The fourth-order valence-corrected chi connectivity index (χ4v) is 5.74. The minimum Gasteiger partial charge on any atom is -0.493 e. The number of rotatable bonds is 7. The van der Waals surface area contributed by atoms with Crippen LogP contribution in [0.3, 0.4) is 0 Å². The Morgan fingerprint density at radius 1 is 1.08 bits per heavy atom. The number of piperidine rings is 1. The molecule has 2 aliphatic rings. The number of nitrogens with one attached hydrogen (secondary N) is 1. The highest BCUT2D eigenvalue weighted by Crippen LogP contribution is 2.41. The molecule has 1 saturated heterocycles. The third-order valence-electron chi connectivity index (χ3n) is 7.87. The van der Waals surface area contributed by atoms with Crippen molar-refractivity contribution < 1.29 is 18.6 Å². The van der Waals surface area contributed by atoms with Crippen molar-refractivity contribution in [1.82, 2.24) is 14.9 Å². The van der Waals surface area contributed by atoms with Crippen molar-refractivity contribution in [2.24, 2.45) is 5.92 Å². The van der Waals surface area contributed by atoms with E-state index in [1.807, 2.05) is 6.92 Å². The number of likely N-dealkylation sites (tertiary alicyclic amines) is 1. The fraction of sp³-hybridized carbons (Fsp3) is 0.400. The Labute approximate surface area is 221 Å². The second-order valence-corrected chi connectivity index (χ2v) is 10.4. The molecule has 0 bridgehead atoms. The highest BCUT2D eigenvalue weighted by molar-refractivity contribution is 5.91. The number of aromatic amines is 1. The van der Waals surface area contributed by atoms with Gasteiger partial charge in [0.2, 0.25) is 0 Å². The van der Waals surface area contributed by atoms with Crippen molar-refractivity contribution in [2.75, 3.05) is 26.8 Å². The van der Waals surface area contributed by atoms with E-state index in [2.05, 4.69) is 20.9 Å². The number of hydrogen-bond donors (Lipinski definition) is 1. The third kappa shape index (κ3) is 4.52. The second kappa shape index (κ2) is 10.1. The molecule has 8 heteroatoms. The van der Waals surface area contributed by atoms with E-state index in [0.29, 0.717) is 51.9 Å². The Morgan fingerprint density at radius 3 is 2.66 bits per heavy atom. The fourth-order valence-electron chi connectivity index (χ4n) is 5.74. The highest BCUT2D eigenvalue weighted by Gasteiger charge is 2.34. The molecule has 3 heterocycles. The van der Waals surface area contributed by atoms with E-state index < -0.39 is 5.82 Å². The molecule has 0 radical (unpaired) electrons. The zero-order valence-corrected chi connectivity index (χ0v) is 21.7. The van der Waals surface area contributed by atoms with Crippen LogP contribution < -0.4 is 14.2 Å². The maximum absolute atomic E-state index is 15.3. The number of benzene rings is 2. The maximum atomic E-state index is 15.3. The predicted octanol–water partition coefficient (Wildman–Crippen LogP) is 6.48. The minimum absolute atomic E-state index is 0.0352. The van der Waals surface area contributed by atoms with Crippen molar-refractivity contribution in [2.45, 2.75) is 45.1 Å². The summed E-state index contributed by atoms with van der Waals surface area (Å²) in [6, 6.07) is 11.4. The van der Waals surface area contributed by atoms with Crippen molar-refractivity contribution >= 4 is 21.8 Å². The summed E-state index contributed by atoms with van der Waals surface area (Å²) >= 11 is 0. The van der Waals surface area contributed by atoms with Crippen LogP contribution >= 0.6 is 0 Å². The standard InChI is InChI=1S/C30H31FN4O3/c1-18-10-22-24(34-18)6-7-26(29(22)31)38-30-20(15-32)16-33-25-14-28(27(36-2)13-23(25)30)37-17-19-11-21(12-19)35-8-4-3-5-9-35/h6-7,10,13-14,16,19,21,34H,3-5,8-9,11-12,17H2,1-2H3. The van der Waals surface area contributed by atoms with Crippen LogP contribution in [-0.2, 0) is 0 Å². The molecule has 38 heavy (non-hydrogen) atoms. The molecule has 1 saturated carbocycles. The smallest absolute Gasteiger partial charge is 0.175 e. The highest BCUT2D eigenvalue weighted by atomic mass is 19.1. The molecule has 2 fully saturated rings. The Bertz CT molecular complexity index is 1530. The van der Waals surface area contributed by atoms with Crippen LogP contribution in [0.2, 0.25) is 0 Å². The zero-order valence-electron chi connectivity index (χ0n) is 21.7. The molecule has 2 aromatic heterocycles. The lowest BCUT2D eigenvalue weighted by atomic mass is 9.79. The van der Waals surface area contributed by atoms with E-state index in [-0.39, 0.29) is 17.1 Å². The summed E-state index contributed by atoms with van der Waals surface area (Å²) < 4.78 is 33.2. The number of halogens is 1. The normalized spacial score (nSPS) is 19.7. The summed E-state index contributed by atoms with van der Waals surface area (Å²) in [5.41, 5.74) is 2.32. The molecule has 1 aliphatic carbocycles. The second-order valence-electron chi connectivity index (χ2n) is 10.4. The number of fused-ring (bicyclic) bond motifs is 2. The molecular formula is C30H31FN4O3. The van der Waals surface area contributed by atoms with Crippen LogP contribution in [0, 0.1) is 30.0 Å². The van der Waals surface area contributed by atoms with Crippen LogP contribution in [0.1, 0.15) is 43.4 Å². The van der Waals surface area contributed by atoms with Gasteiger partial charge in [0.05, 0.1) is 19.2 Å². The number of hydrogen-bond acceptors (Lipinski definition) is 6. The molecule has 0 spiro atoms. The lowest BCUT2D eigenvalue weighted by molar-refractivity contribution is 0.0395. The van der Waals surface area contributed by atoms with E-state index in [9.17, 15) is 5.26 Å². The zero-order chi connectivity index (χ0) is 26.2. The SMILES string of the molecule is COc1cc2c(Oc3ccc4[nH]c(C)cc4c3F)c(C#N)cnc2cc1OCC1CC(N2CCCCC2)C1. The number of methoxy groups -OCH3 is 1. The number of ether oxygens (including phenoxy) is 3. The van der Waals surface area contributed by atoms with Gasteiger partial charge in [0.1, 0.15) is 11.6 Å². The summed E-state index contributed by atoms with van der Waals surface area (Å²) in [6.45, 7) is 4.93. The number of H-pyrrole nitrogens is 1. The maximum Gasteiger partial charge on any atom is 0.175 e. The first-order valence-electron chi connectivity index (χ1n) is 13.3. The van der Waals surface area contributed by atoms with E-state index in [0.717, 1.165) is 18.5 Å². The van der Waals surface area contributed by atoms with E-state index in [1.54, 1.807) is 37.4 Å². The van der Waals surface area contributed by atoms with Crippen molar-refractivity contribution in [3.05, 3.63) is 53.6 Å². The topological polar surface area (TPSA) is 83.4 Å². The lowest BCUT2D eigenvalue weighted by Crippen LogP contribution is -2.48. The average molecular weight is 515 g/mol. The van der Waals surface area contributed by atoms with Gasteiger partial charge in [-0.1, -0.05) is 6.42 Å². The number of aromatic nitrogens is 2. The summed E-state index contributed by atoms with van der Waals surface area (Å²) in [5, 5.41) is 10.7. The van der Waals surface area contributed by atoms with Crippen molar-refractivity contribution in [3.63, 3.8) is 0 Å². The Balaban J connectivity index is 1.25.